The zero-order valence-electron chi connectivity index (χ0n) is 17.4. The van der Waals surface area contributed by atoms with Crippen molar-refractivity contribution in [2.24, 2.45) is 5.73 Å². The fourth-order valence-corrected chi connectivity index (χ4v) is 5.55. The van der Waals surface area contributed by atoms with Crippen molar-refractivity contribution in [1.29, 1.82) is 0 Å². The summed E-state index contributed by atoms with van der Waals surface area (Å²) in [6.45, 7) is 11.5. The molecule has 0 radical (unpaired) electrons. The summed E-state index contributed by atoms with van der Waals surface area (Å²) in [5.41, 5.74) is 7.94. The van der Waals surface area contributed by atoms with Crippen LogP contribution in [0.2, 0.25) is 0 Å². The zero-order valence-corrected chi connectivity index (χ0v) is 19.0. The highest BCUT2D eigenvalue weighted by atomic mass is 35.5. The Labute approximate surface area is 174 Å². The lowest BCUT2D eigenvalue weighted by Gasteiger charge is -2.36. The van der Waals surface area contributed by atoms with Gasteiger partial charge in [0.25, 0.3) is 0 Å². The molecule has 1 aromatic rings. The number of aryl methyl sites for hydroxylation is 2. The highest BCUT2D eigenvalue weighted by Crippen LogP contribution is 2.35. The molecule has 1 heterocycles. The second-order valence-electron chi connectivity index (χ2n) is 9.04. The summed E-state index contributed by atoms with van der Waals surface area (Å²) in [6.07, 6.45) is 1.45. The fourth-order valence-electron chi connectivity index (χ4n) is 3.71. The molecule has 158 valence electrons. The summed E-state index contributed by atoms with van der Waals surface area (Å²) in [5.74, 6) is -0.0403. The van der Waals surface area contributed by atoms with Crippen LogP contribution in [0, 0.1) is 13.8 Å². The van der Waals surface area contributed by atoms with E-state index in [9.17, 15) is 13.2 Å². The van der Waals surface area contributed by atoms with Gasteiger partial charge in [-0.3, -0.25) is 4.79 Å². The lowest BCUT2D eigenvalue weighted by atomic mass is 9.85. The molecule has 1 aliphatic heterocycles. The second-order valence-corrected chi connectivity index (χ2v) is 10.9. The Morgan fingerprint density at radius 3 is 1.89 bits per heavy atom. The largest absolute Gasteiger partial charge is 0.338 e. The second kappa shape index (κ2) is 7.59. The third kappa shape index (κ3) is 4.22. The molecule has 2 N–H and O–H groups in total. The molecule has 1 aromatic carbocycles. The lowest BCUT2D eigenvalue weighted by Crippen LogP contribution is -2.55. The molecule has 6 nitrogen and oxygen atoms in total. The van der Waals surface area contributed by atoms with Gasteiger partial charge in [0.05, 0.1) is 10.4 Å². The summed E-state index contributed by atoms with van der Waals surface area (Å²) >= 11 is 0. The highest BCUT2D eigenvalue weighted by Gasteiger charge is 2.48. The van der Waals surface area contributed by atoms with Crippen molar-refractivity contribution in [3.05, 3.63) is 28.8 Å². The number of hydrogen-bond acceptors (Lipinski definition) is 4. The van der Waals surface area contributed by atoms with E-state index in [1.807, 2.05) is 26.0 Å². The van der Waals surface area contributed by atoms with Gasteiger partial charge >= 0.3 is 0 Å². The Hall–Kier alpha value is -1.15. The summed E-state index contributed by atoms with van der Waals surface area (Å²) in [5, 5.41) is 0. The molecule has 0 aromatic heterocycles. The molecule has 0 spiro atoms. The van der Waals surface area contributed by atoms with E-state index in [0.717, 1.165) is 29.5 Å². The van der Waals surface area contributed by atoms with Crippen molar-refractivity contribution in [3.8, 4) is 0 Å². The molecule has 8 heteroatoms. The number of carbonyl (C=O) groups is 1. The van der Waals surface area contributed by atoms with Crippen LogP contribution in [0.3, 0.4) is 0 Å². The van der Waals surface area contributed by atoms with Gasteiger partial charge in [0, 0.05) is 26.2 Å². The lowest BCUT2D eigenvalue weighted by molar-refractivity contribution is -0.134. The van der Waals surface area contributed by atoms with Gasteiger partial charge in [-0.15, -0.1) is 12.4 Å². The maximum Gasteiger partial charge on any atom is 0.243 e. The van der Waals surface area contributed by atoms with Crippen molar-refractivity contribution < 1.29 is 13.2 Å². The third-order valence-corrected chi connectivity index (χ3v) is 7.87. The Morgan fingerprint density at radius 1 is 1.04 bits per heavy atom. The topological polar surface area (TPSA) is 83.7 Å². The van der Waals surface area contributed by atoms with Crippen LogP contribution in [0.4, 0.5) is 0 Å². The van der Waals surface area contributed by atoms with Crippen LogP contribution >= 0.6 is 12.4 Å². The average molecular weight is 430 g/mol. The van der Waals surface area contributed by atoms with Gasteiger partial charge in [-0.05, 0) is 48.8 Å². The molecule has 1 saturated carbocycles. The first-order valence-corrected chi connectivity index (χ1v) is 11.0. The maximum absolute atomic E-state index is 13.3. The number of nitrogens with two attached hydrogens (primary N) is 1. The van der Waals surface area contributed by atoms with Gasteiger partial charge in [-0.1, -0.05) is 32.9 Å². The Morgan fingerprint density at radius 2 is 1.50 bits per heavy atom. The number of hydrogen-bond donors (Lipinski definition) is 1. The van der Waals surface area contributed by atoms with Crippen molar-refractivity contribution >= 4 is 28.3 Å². The molecular weight excluding hydrogens is 398 g/mol. The van der Waals surface area contributed by atoms with Crippen LogP contribution in [0.1, 0.15) is 50.3 Å². The molecule has 2 aliphatic rings. The fraction of sp³-hybridized carbons (Fsp3) is 0.650. The van der Waals surface area contributed by atoms with Crippen molar-refractivity contribution in [3.63, 3.8) is 0 Å². The number of amides is 1. The number of halogens is 1. The van der Waals surface area contributed by atoms with Crippen molar-refractivity contribution in [2.75, 3.05) is 26.2 Å². The van der Waals surface area contributed by atoms with E-state index in [2.05, 4.69) is 20.8 Å². The van der Waals surface area contributed by atoms with Crippen LogP contribution in [0.15, 0.2) is 17.0 Å². The van der Waals surface area contributed by atoms with Gasteiger partial charge < -0.3 is 10.6 Å². The van der Waals surface area contributed by atoms with E-state index in [-0.39, 0.29) is 23.7 Å². The number of rotatable bonds is 3. The predicted octanol–water partition coefficient (Wildman–Crippen LogP) is 2.35. The predicted molar refractivity (Wildman–Crippen MR) is 113 cm³/mol. The number of carbonyl (C=O) groups excluding carboxylic acids is 1. The monoisotopic (exact) mass is 429 g/mol. The molecule has 0 atom stereocenters. The first-order chi connectivity index (χ1) is 12.4. The van der Waals surface area contributed by atoms with Crippen LogP contribution in [0.5, 0.6) is 0 Å². The van der Waals surface area contributed by atoms with Crippen LogP contribution < -0.4 is 5.73 Å². The Balaban J connectivity index is 0.00000280. The van der Waals surface area contributed by atoms with Gasteiger partial charge in [-0.25, -0.2) is 8.42 Å². The summed E-state index contributed by atoms with van der Waals surface area (Å²) in [6, 6.07) is 3.95. The van der Waals surface area contributed by atoms with Crippen molar-refractivity contribution in [2.45, 2.75) is 63.3 Å². The zero-order chi connectivity index (χ0) is 20.2. The smallest absolute Gasteiger partial charge is 0.243 e. The SMILES string of the molecule is Cc1cc(C(C)(C)C)cc(C)c1S(=O)(=O)N1CCN(C(=O)C2(N)CC2)CC1.Cl. The van der Waals surface area contributed by atoms with E-state index in [0.29, 0.717) is 31.1 Å². The molecule has 1 saturated heterocycles. The van der Waals surface area contributed by atoms with Gasteiger partial charge in [-0.2, -0.15) is 4.31 Å². The molecule has 1 amide bonds. The van der Waals surface area contributed by atoms with Crippen molar-refractivity contribution in [1.82, 2.24) is 9.21 Å². The van der Waals surface area contributed by atoms with Gasteiger partial charge in [0.2, 0.25) is 15.9 Å². The molecule has 28 heavy (non-hydrogen) atoms. The van der Waals surface area contributed by atoms with E-state index < -0.39 is 15.6 Å². The summed E-state index contributed by atoms with van der Waals surface area (Å²) < 4.78 is 28.0. The normalized spacial score (nSPS) is 19.9. The van der Waals surface area contributed by atoms with Gasteiger partial charge in [0.15, 0.2) is 0 Å². The number of piperazine rings is 1. The number of benzene rings is 1. The highest BCUT2D eigenvalue weighted by molar-refractivity contribution is 7.89. The summed E-state index contributed by atoms with van der Waals surface area (Å²) in [4.78, 5) is 14.5. The number of sulfonamides is 1. The molecule has 2 fully saturated rings. The standard InChI is InChI=1S/C20H31N3O3S.ClH/c1-14-12-16(19(3,4)5)13-15(2)17(14)27(25,26)23-10-8-22(9-11-23)18(24)20(21)6-7-20;/h12-13H,6-11,21H2,1-5H3;1H. The minimum Gasteiger partial charge on any atom is -0.338 e. The number of nitrogens with zero attached hydrogens (tertiary/aromatic N) is 2. The molecule has 0 unspecified atom stereocenters. The molecule has 3 rings (SSSR count). The maximum atomic E-state index is 13.3. The third-order valence-electron chi connectivity index (χ3n) is 5.66. The Kier molecular flexibility index (Phi) is 6.27. The van der Waals surface area contributed by atoms with Crippen LogP contribution in [-0.2, 0) is 20.2 Å². The van der Waals surface area contributed by atoms with E-state index >= 15 is 0 Å². The minimum absolute atomic E-state index is 0. The Bertz CT molecular complexity index is 842. The van der Waals surface area contributed by atoms with Crippen LogP contribution in [-0.4, -0.2) is 55.2 Å². The van der Waals surface area contributed by atoms with Crippen LogP contribution in [0.25, 0.3) is 0 Å². The first-order valence-electron chi connectivity index (χ1n) is 9.56. The molecule has 1 aliphatic carbocycles. The van der Waals surface area contributed by atoms with E-state index in [4.69, 9.17) is 5.73 Å². The van der Waals surface area contributed by atoms with Gasteiger partial charge in [0.1, 0.15) is 0 Å². The molecule has 0 bridgehead atoms. The first kappa shape index (κ1) is 23.1. The van der Waals surface area contributed by atoms with E-state index in [1.165, 1.54) is 4.31 Å². The minimum atomic E-state index is -3.59. The average Bonchev–Trinajstić information content (AvgIpc) is 3.31. The summed E-state index contributed by atoms with van der Waals surface area (Å²) in [7, 11) is -3.59. The molecular formula is C20H32ClN3O3S. The quantitative estimate of drug-likeness (QED) is 0.799. The van der Waals surface area contributed by atoms with E-state index in [1.54, 1.807) is 4.90 Å².